The molecule has 15 heavy (non-hydrogen) atoms. The zero-order valence-electron chi connectivity index (χ0n) is 8.81. The van der Waals surface area contributed by atoms with E-state index in [2.05, 4.69) is 0 Å². The highest BCUT2D eigenvalue weighted by molar-refractivity contribution is 5.66. The number of nitriles is 1. The summed E-state index contributed by atoms with van der Waals surface area (Å²) in [6.45, 7) is 3.17. The molecule has 3 heteroatoms. The number of carbonyl (C=O) groups excluding carboxylic acids is 1. The van der Waals surface area contributed by atoms with Crippen LogP contribution in [0.15, 0.2) is 30.3 Å². The summed E-state index contributed by atoms with van der Waals surface area (Å²) >= 11 is 0. The van der Waals surface area contributed by atoms with E-state index in [0.717, 1.165) is 5.56 Å². The fraction of sp³-hybridized carbons (Fsp3) is 0.333. The number of benzene rings is 1. The zero-order valence-corrected chi connectivity index (χ0v) is 8.81. The Bertz CT molecular complexity index is 367. The summed E-state index contributed by atoms with van der Waals surface area (Å²) in [6.07, 6.45) is -0.718. The van der Waals surface area contributed by atoms with Crippen LogP contribution in [-0.2, 0) is 9.53 Å². The maximum Gasteiger partial charge on any atom is 0.303 e. The lowest BCUT2D eigenvalue weighted by molar-refractivity contribution is -0.144. The minimum absolute atomic E-state index is 0.111. The Labute approximate surface area is 89.3 Å². The van der Waals surface area contributed by atoms with E-state index in [1.165, 1.54) is 6.92 Å². The van der Waals surface area contributed by atoms with Crippen molar-refractivity contribution in [2.45, 2.75) is 25.9 Å². The molecule has 0 heterocycles. The van der Waals surface area contributed by atoms with E-state index >= 15 is 0 Å². The van der Waals surface area contributed by atoms with Gasteiger partial charge in [-0.15, -0.1) is 0 Å². The topological polar surface area (TPSA) is 50.1 Å². The smallest absolute Gasteiger partial charge is 0.303 e. The normalized spacial score (nSPS) is 13.7. The molecule has 1 aromatic carbocycles. The molecule has 0 aliphatic heterocycles. The lowest BCUT2D eigenvalue weighted by atomic mass is 9.96. The number of rotatable bonds is 3. The maximum absolute atomic E-state index is 10.8. The molecule has 0 aliphatic carbocycles. The number of hydrogen-bond acceptors (Lipinski definition) is 3. The lowest BCUT2D eigenvalue weighted by Crippen LogP contribution is -2.20. The number of ether oxygens (including phenoxy) is 1. The van der Waals surface area contributed by atoms with E-state index in [0.29, 0.717) is 0 Å². The molecule has 0 radical (unpaired) electrons. The standard InChI is InChI=1S/C12H13NO2/c1-9(11-6-4-3-5-7-11)12(8-13)15-10(2)14/h3-7,9,12H,1-2H3/t9?,12-/m1/s1. The van der Waals surface area contributed by atoms with E-state index in [9.17, 15) is 4.79 Å². The molecule has 1 aromatic rings. The van der Waals surface area contributed by atoms with Crippen LogP contribution in [0.4, 0.5) is 0 Å². The molecule has 0 N–H and O–H groups in total. The second kappa shape index (κ2) is 5.16. The van der Waals surface area contributed by atoms with Gasteiger partial charge in [0.2, 0.25) is 0 Å². The van der Waals surface area contributed by atoms with Gasteiger partial charge in [0.15, 0.2) is 6.10 Å². The van der Waals surface area contributed by atoms with E-state index in [-0.39, 0.29) is 5.92 Å². The van der Waals surface area contributed by atoms with Crippen molar-refractivity contribution in [2.75, 3.05) is 0 Å². The Kier molecular flexibility index (Phi) is 3.87. The fourth-order valence-electron chi connectivity index (χ4n) is 1.35. The predicted molar refractivity (Wildman–Crippen MR) is 56.0 cm³/mol. The van der Waals surface area contributed by atoms with Crippen molar-refractivity contribution in [1.29, 1.82) is 5.26 Å². The highest BCUT2D eigenvalue weighted by Gasteiger charge is 2.20. The highest BCUT2D eigenvalue weighted by atomic mass is 16.5. The first-order chi connectivity index (χ1) is 7.15. The van der Waals surface area contributed by atoms with Crippen molar-refractivity contribution >= 4 is 5.97 Å². The molecular formula is C12H13NO2. The first-order valence-corrected chi connectivity index (χ1v) is 4.77. The van der Waals surface area contributed by atoms with E-state index in [1.807, 2.05) is 43.3 Å². The van der Waals surface area contributed by atoms with E-state index < -0.39 is 12.1 Å². The van der Waals surface area contributed by atoms with Crippen molar-refractivity contribution < 1.29 is 9.53 Å². The third kappa shape index (κ3) is 3.10. The van der Waals surface area contributed by atoms with Crippen LogP contribution in [0.3, 0.4) is 0 Å². The predicted octanol–water partition coefficient (Wildman–Crippen LogP) is 2.25. The maximum atomic E-state index is 10.8. The first-order valence-electron chi connectivity index (χ1n) is 4.77. The van der Waals surface area contributed by atoms with Crippen molar-refractivity contribution in [1.82, 2.24) is 0 Å². The number of carbonyl (C=O) groups is 1. The molecule has 3 nitrogen and oxygen atoms in total. The molecule has 0 bridgehead atoms. The molecule has 0 amide bonds. The Hall–Kier alpha value is -1.82. The van der Waals surface area contributed by atoms with Gasteiger partial charge < -0.3 is 4.74 Å². The van der Waals surface area contributed by atoms with Crippen molar-refractivity contribution in [2.24, 2.45) is 0 Å². The van der Waals surface area contributed by atoms with Crippen LogP contribution in [-0.4, -0.2) is 12.1 Å². The van der Waals surface area contributed by atoms with Crippen LogP contribution in [0.5, 0.6) is 0 Å². The molecule has 0 fully saturated rings. The fourth-order valence-corrected chi connectivity index (χ4v) is 1.35. The molecule has 0 spiro atoms. The number of hydrogen-bond donors (Lipinski definition) is 0. The summed E-state index contributed by atoms with van der Waals surface area (Å²) in [5.74, 6) is -0.538. The minimum Gasteiger partial charge on any atom is -0.446 e. The number of nitrogens with zero attached hydrogens (tertiary/aromatic N) is 1. The van der Waals surface area contributed by atoms with Crippen molar-refractivity contribution in [3.05, 3.63) is 35.9 Å². The summed E-state index contributed by atoms with van der Waals surface area (Å²) in [6, 6.07) is 11.5. The van der Waals surface area contributed by atoms with Crippen LogP contribution in [0.25, 0.3) is 0 Å². The molecular weight excluding hydrogens is 190 g/mol. The van der Waals surface area contributed by atoms with Crippen LogP contribution in [0.1, 0.15) is 25.3 Å². The molecule has 1 unspecified atom stereocenters. The average Bonchev–Trinajstić information content (AvgIpc) is 2.26. The second-order valence-electron chi connectivity index (χ2n) is 3.36. The highest BCUT2D eigenvalue weighted by Crippen LogP contribution is 2.20. The van der Waals surface area contributed by atoms with Gasteiger partial charge in [0.1, 0.15) is 6.07 Å². The Morgan fingerprint density at radius 3 is 2.47 bits per heavy atom. The van der Waals surface area contributed by atoms with Gasteiger partial charge in [-0.2, -0.15) is 5.26 Å². The summed E-state index contributed by atoms with van der Waals surface area (Å²) < 4.78 is 4.92. The third-order valence-electron chi connectivity index (χ3n) is 2.20. The lowest BCUT2D eigenvalue weighted by Gasteiger charge is -2.17. The SMILES string of the molecule is CC(=O)O[C@H](C#N)C(C)c1ccccc1. The zero-order chi connectivity index (χ0) is 11.3. The number of esters is 1. The third-order valence-corrected chi connectivity index (χ3v) is 2.20. The first kappa shape index (κ1) is 11.3. The van der Waals surface area contributed by atoms with Gasteiger partial charge >= 0.3 is 5.97 Å². The van der Waals surface area contributed by atoms with Gasteiger partial charge in [-0.1, -0.05) is 37.3 Å². The van der Waals surface area contributed by atoms with Gasteiger partial charge in [-0.25, -0.2) is 0 Å². The van der Waals surface area contributed by atoms with E-state index in [4.69, 9.17) is 10.00 Å². The largest absolute Gasteiger partial charge is 0.446 e. The molecule has 1 rings (SSSR count). The molecule has 0 saturated carbocycles. The average molecular weight is 203 g/mol. The van der Waals surface area contributed by atoms with Gasteiger partial charge in [0.05, 0.1) is 0 Å². The van der Waals surface area contributed by atoms with Gasteiger partial charge in [0, 0.05) is 12.8 Å². The van der Waals surface area contributed by atoms with Gasteiger partial charge in [-0.05, 0) is 5.56 Å². The molecule has 0 saturated heterocycles. The van der Waals surface area contributed by atoms with Crippen molar-refractivity contribution in [3.8, 4) is 6.07 Å². The molecule has 78 valence electrons. The van der Waals surface area contributed by atoms with E-state index in [1.54, 1.807) is 0 Å². The minimum atomic E-state index is -0.718. The monoisotopic (exact) mass is 203 g/mol. The summed E-state index contributed by atoms with van der Waals surface area (Å²) in [5.41, 5.74) is 0.991. The van der Waals surface area contributed by atoms with Crippen molar-refractivity contribution in [3.63, 3.8) is 0 Å². The molecule has 2 atom stereocenters. The summed E-state index contributed by atoms with van der Waals surface area (Å²) in [7, 11) is 0. The molecule has 0 aliphatic rings. The van der Waals surface area contributed by atoms with Crippen LogP contribution >= 0.6 is 0 Å². The second-order valence-corrected chi connectivity index (χ2v) is 3.36. The Morgan fingerprint density at radius 2 is 2.00 bits per heavy atom. The quantitative estimate of drug-likeness (QED) is 0.708. The van der Waals surface area contributed by atoms with Crippen LogP contribution in [0.2, 0.25) is 0 Å². The van der Waals surface area contributed by atoms with Crippen LogP contribution in [0, 0.1) is 11.3 Å². The summed E-state index contributed by atoms with van der Waals surface area (Å²) in [5, 5.41) is 8.88. The van der Waals surface area contributed by atoms with Crippen LogP contribution < -0.4 is 0 Å². The van der Waals surface area contributed by atoms with Gasteiger partial charge in [-0.3, -0.25) is 4.79 Å². The summed E-state index contributed by atoms with van der Waals surface area (Å²) in [4.78, 5) is 10.8. The Balaban J connectivity index is 2.79. The van der Waals surface area contributed by atoms with Gasteiger partial charge in [0.25, 0.3) is 0 Å². The molecule has 0 aromatic heterocycles. The Morgan fingerprint density at radius 1 is 1.40 bits per heavy atom.